The predicted molar refractivity (Wildman–Crippen MR) is 76.0 cm³/mol. The van der Waals surface area contributed by atoms with Gasteiger partial charge in [-0.15, -0.1) is 0 Å². The number of halogens is 2. The number of aliphatic hydroxyl groups excluding tert-OH is 1. The Bertz CT molecular complexity index is 459. The Labute approximate surface area is 123 Å². The Hall–Kier alpha value is -1.08. The van der Waals surface area contributed by atoms with Crippen LogP contribution in [0.1, 0.15) is 18.0 Å². The molecule has 2 unspecified atom stereocenters. The maximum atomic E-state index is 13.9. The van der Waals surface area contributed by atoms with E-state index in [4.69, 9.17) is 4.74 Å². The van der Waals surface area contributed by atoms with Gasteiger partial charge in [0, 0.05) is 24.7 Å². The van der Waals surface area contributed by atoms with Crippen LogP contribution in [0.25, 0.3) is 0 Å². The maximum Gasteiger partial charge on any atom is 0.163 e. The van der Waals surface area contributed by atoms with Gasteiger partial charge in [0.1, 0.15) is 0 Å². The Morgan fingerprint density at radius 2 is 2.29 bits per heavy atom. The first-order chi connectivity index (χ1) is 10.2. The van der Waals surface area contributed by atoms with Gasteiger partial charge in [0.2, 0.25) is 0 Å². The molecule has 4 nitrogen and oxygen atoms in total. The van der Waals surface area contributed by atoms with Crippen molar-refractivity contribution in [3.8, 4) is 0 Å². The van der Waals surface area contributed by atoms with Crippen LogP contribution in [0.4, 0.5) is 8.78 Å². The Morgan fingerprint density at radius 3 is 3.00 bits per heavy atom. The molecule has 0 bridgehead atoms. The molecule has 1 aliphatic heterocycles. The van der Waals surface area contributed by atoms with E-state index in [0.29, 0.717) is 31.7 Å². The number of benzene rings is 1. The minimum absolute atomic E-state index is 0.0198. The first kappa shape index (κ1) is 16.3. The first-order valence-electron chi connectivity index (χ1n) is 7.21. The van der Waals surface area contributed by atoms with Crippen molar-refractivity contribution in [2.24, 2.45) is 0 Å². The fourth-order valence-corrected chi connectivity index (χ4v) is 2.69. The molecule has 1 aromatic carbocycles. The van der Waals surface area contributed by atoms with Crippen molar-refractivity contribution >= 4 is 0 Å². The van der Waals surface area contributed by atoms with E-state index in [1.54, 1.807) is 13.1 Å². The summed E-state index contributed by atoms with van der Waals surface area (Å²) in [7, 11) is 1.73. The van der Waals surface area contributed by atoms with Gasteiger partial charge in [-0.1, -0.05) is 12.1 Å². The average molecular weight is 300 g/mol. The van der Waals surface area contributed by atoms with Crippen molar-refractivity contribution in [1.82, 2.24) is 10.2 Å². The normalized spacial score (nSPS) is 21.4. The van der Waals surface area contributed by atoms with E-state index in [2.05, 4.69) is 10.2 Å². The zero-order valence-electron chi connectivity index (χ0n) is 12.2. The molecular weight excluding hydrogens is 278 g/mol. The molecule has 118 valence electrons. The standard InChI is InChI=1S/C15H22F2N2O2/c1-18-14(12-3-2-4-13(16)15(12)17)5-6-19-7-8-21-10-11(19)9-20/h2-4,11,14,18,20H,5-10H2,1H3. The first-order valence-corrected chi connectivity index (χ1v) is 7.21. The van der Waals surface area contributed by atoms with Crippen LogP contribution in [-0.2, 0) is 4.74 Å². The number of rotatable bonds is 6. The van der Waals surface area contributed by atoms with Gasteiger partial charge in [-0.25, -0.2) is 8.78 Å². The summed E-state index contributed by atoms with van der Waals surface area (Å²) < 4.78 is 32.5. The molecule has 0 aromatic heterocycles. The van der Waals surface area contributed by atoms with E-state index in [1.807, 2.05) is 0 Å². The minimum atomic E-state index is -0.827. The monoisotopic (exact) mass is 300 g/mol. The van der Waals surface area contributed by atoms with Gasteiger partial charge in [-0.2, -0.15) is 0 Å². The molecule has 0 radical (unpaired) electrons. The van der Waals surface area contributed by atoms with Crippen LogP contribution in [0.3, 0.4) is 0 Å². The van der Waals surface area contributed by atoms with Gasteiger partial charge >= 0.3 is 0 Å². The molecule has 2 atom stereocenters. The minimum Gasteiger partial charge on any atom is -0.395 e. The second-order valence-corrected chi connectivity index (χ2v) is 5.22. The fourth-order valence-electron chi connectivity index (χ4n) is 2.69. The smallest absolute Gasteiger partial charge is 0.163 e. The zero-order valence-corrected chi connectivity index (χ0v) is 12.2. The van der Waals surface area contributed by atoms with Gasteiger partial charge in [0.15, 0.2) is 11.6 Å². The molecule has 6 heteroatoms. The topological polar surface area (TPSA) is 44.7 Å². The lowest BCUT2D eigenvalue weighted by Gasteiger charge is -2.35. The number of morpholine rings is 1. The molecule has 1 saturated heterocycles. The quantitative estimate of drug-likeness (QED) is 0.831. The largest absolute Gasteiger partial charge is 0.395 e. The number of ether oxygens (including phenoxy) is 1. The van der Waals surface area contributed by atoms with Crippen molar-refractivity contribution in [3.63, 3.8) is 0 Å². The van der Waals surface area contributed by atoms with Crippen molar-refractivity contribution < 1.29 is 18.6 Å². The van der Waals surface area contributed by atoms with Gasteiger partial charge < -0.3 is 15.2 Å². The molecule has 0 amide bonds. The maximum absolute atomic E-state index is 13.9. The Balaban J connectivity index is 2.00. The van der Waals surface area contributed by atoms with Crippen LogP contribution in [0.5, 0.6) is 0 Å². The van der Waals surface area contributed by atoms with Crippen LogP contribution in [0.15, 0.2) is 18.2 Å². The molecule has 1 aromatic rings. The van der Waals surface area contributed by atoms with Crippen molar-refractivity contribution in [3.05, 3.63) is 35.4 Å². The predicted octanol–water partition coefficient (Wildman–Crippen LogP) is 1.31. The fraction of sp³-hybridized carbons (Fsp3) is 0.600. The lowest BCUT2D eigenvalue weighted by atomic mass is 10.0. The summed E-state index contributed by atoms with van der Waals surface area (Å²) in [5, 5.41) is 12.4. The summed E-state index contributed by atoms with van der Waals surface area (Å²) in [5.74, 6) is -1.62. The summed E-state index contributed by atoms with van der Waals surface area (Å²) in [6.07, 6.45) is 0.632. The van der Waals surface area contributed by atoms with E-state index in [-0.39, 0.29) is 18.7 Å². The highest BCUT2D eigenvalue weighted by molar-refractivity contribution is 5.22. The molecule has 0 aliphatic carbocycles. The molecule has 0 spiro atoms. The molecule has 2 N–H and O–H groups in total. The average Bonchev–Trinajstić information content (AvgIpc) is 2.52. The molecule has 2 rings (SSSR count). The van der Waals surface area contributed by atoms with Crippen LogP contribution >= 0.6 is 0 Å². The summed E-state index contributed by atoms with van der Waals surface area (Å²) in [5.41, 5.74) is 0.339. The number of hydrogen-bond donors (Lipinski definition) is 2. The molecule has 1 fully saturated rings. The third-order valence-electron chi connectivity index (χ3n) is 3.97. The highest BCUT2D eigenvalue weighted by atomic mass is 19.2. The SMILES string of the molecule is CNC(CCN1CCOCC1CO)c1cccc(F)c1F. The summed E-state index contributed by atoms with van der Waals surface area (Å²) in [6.45, 7) is 2.62. The van der Waals surface area contributed by atoms with Crippen molar-refractivity contribution in [2.75, 3.05) is 40.0 Å². The van der Waals surface area contributed by atoms with Crippen molar-refractivity contribution in [1.29, 1.82) is 0 Å². The lowest BCUT2D eigenvalue weighted by molar-refractivity contribution is -0.0285. The van der Waals surface area contributed by atoms with E-state index >= 15 is 0 Å². The number of nitrogens with zero attached hydrogens (tertiary/aromatic N) is 1. The number of hydrogen-bond acceptors (Lipinski definition) is 4. The zero-order chi connectivity index (χ0) is 15.2. The van der Waals surface area contributed by atoms with E-state index in [0.717, 1.165) is 12.6 Å². The molecular formula is C15H22F2N2O2. The van der Waals surface area contributed by atoms with Crippen molar-refractivity contribution in [2.45, 2.75) is 18.5 Å². The van der Waals surface area contributed by atoms with E-state index < -0.39 is 11.6 Å². The van der Waals surface area contributed by atoms with Crippen LogP contribution < -0.4 is 5.32 Å². The molecule has 1 heterocycles. The second kappa shape index (κ2) is 7.79. The molecule has 0 saturated carbocycles. The van der Waals surface area contributed by atoms with Crippen LogP contribution in [-0.4, -0.2) is 56.0 Å². The van der Waals surface area contributed by atoms with E-state index in [9.17, 15) is 13.9 Å². The third-order valence-corrected chi connectivity index (χ3v) is 3.97. The van der Waals surface area contributed by atoms with Gasteiger partial charge in [-0.3, -0.25) is 4.90 Å². The van der Waals surface area contributed by atoms with Gasteiger partial charge in [0.05, 0.1) is 25.9 Å². The number of aliphatic hydroxyl groups is 1. The van der Waals surface area contributed by atoms with Gasteiger partial charge in [-0.05, 0) is 19.5 Å². The van der Waals surface area contributed by atoms with Crippen LogP contribution in [0.2, 0.25) is 0 Å². The number of nitrogens with one attached hydrogen (secondary N) is 1. The summed E-state index contributed by atoms with van der Waals surface area (Å²) in [6, 6.07) is 3.96. The lowest BCUT2D eigenvalue weighted by Crippen LogP contribution is -2.48. The summed E-state index contributed by atoms with van der Waals surface area (Å²) >= 11 is 0. The Kier molecular flexibility index (Phi) is 6.05. The molecule has 21 heavy (non-hydrogen) atoms. The third kappa shape index (κ3) is 3.97. The van der Waals surface area contributed by atoms with Gasteiger partial charge in [0.25, 0.3) is 0 Å². The molecule has 1 aliphatic rings. The summed E-state index contributed by atoms with van der Waals surface area (Å²) in [4.78, 5) is 2.13. The highest BCUT2D eigenvalue weighted by Crippen LogP contribution is 2.22. The van der Waals surface area contributed by atoms with Crippen LogP contribution in [0, 0.1) is 11.6 Å². The van der Waals surface area contributed by atoms with E-state index in [1.165, 1.54) is 6.07 Å². The second-order valence-electron chi connectivity index (χ2n) is 5.22. The Morgan fingerprint density at radius 1 is 1.48 bits per heavy atom. The highest BCUT2D eigenvalue weighted by Gasteiger charge is 2.24.